The van der Waals surface area contributed by atoms with Crippen LogP contribution in [0.3, 0.4) is 0 Å². The van der Waals surface area contributed by atoms with Crippen molar-refractivity contribution in [2.45, 2.75) is 13.3 Å². The zero-order valence-corrected chi connectivity index (χ0v) is 10.8. The number of benzene rings is 1. The van der Waals surface area contributed by atoms with Crippen LogP contribution in [0.5, 0.6) is 0 Å². The molecule has 1 aromatic rings. The summed E-state index contributed by atoms with van der Waals surface area (Å²) in [6, 6.07) is 8.03. The number of hydrogen-bond acceptors (Lipinski definition) is 3. The van der Waals surface area contributed by atoms with Crippen molar-refractivity contribution in [3.05, 3.63) is 24.3 Å². The van der Waals surface area contributed by atoms with Gasteiger partial charge >= 0.3 is 0 Å². The molecule has 1 N–H and O–H groups in total. The maximum atomic E-state index is 5.28. The van der Waals surface area contributed by atoms with Gasteiger partial charge in [-0.2, -0.15) is 0 Å². The number of hydrogen-bond donors (Lipinski definition) is 1. The minimum atomic E-state index is 0.430. The van der Waals surface area contributed by atoms with E-state index in [1.807, 2.05) is 38.4 Å². The lowest BCUT2D eigenvalue weighted by molar-refractivity contribution is 0.312. The molecule has 0 heterocycles. The van der Waals surface area contributed by atoms with Gasteiger partial charge in [0.05, 0.1) is 6.61 Å². The molecule has 1 aromatic carbocycles. The quantitative estimate of drug-likeness (QED) is 0.815. The lowest BCUT2D eigenvalue weighted by Crippen LogP contribution is -2.14. The summed E-state index contributed by atoms with van der Waals surface area (Å²) in [5, 5.41) is 3.46. The molecule has 0 amide bonds. The van der Waals surface area contributed by atoms with Crippen molar-refractivity contribution in [2.24, 2.45) is 0 Å². The fourth-order valence-corrected chi connectivity index (χ4v) is 1.39. The molecule has 3 nitrogen and oxygen atoms in total. The Balaban J connectivity index is 2.51. The number of ether oxygens (including phenoxy) is 1. The Morgan fingerprint density at radius 1 is 1.31 bits per heavy atom. The van der Waals surface area contributed by atoms with Crippen LogP contribution in [-0.4, -0.2) is 25.9 Å². The third kappa shape index (κ3) is 4.06. The van der Waals surface area contributed by atoms with E-state index >= 15 is 0 Å². The molecule has 0 aliphatic heterocycles. The Labute approximate surface area is 102 Å². The minimum Gasteiger partial charge on any atom is -0.471 e. The largest absolute Gasteiger partial charge is 0.471 e. The van der Waals surface area contributed by atoms with Crippen molar-refractivity contribution in [3.63, 3.8) is 0 Å². The molecule has 88 valence electrons. The maximum absolute atomic E-state index is 5.28. The maximum Gasteiger partial charge on any atom is 0.261 e. The van der Waals surface area contributed by atoms with Gasteiger partial charge in [0.1, 0.15) is 0 Å². The number of rotatable bonds is 4. The first-order valence-electron chi connectivity index (χ1n) is 5.34. The first-order chi connectivity index (χ1) is 7.63. The second kappa shape index (κ2) is 6.33. The van der Waals surface area contributed by atoms with Crippen LogP contribution in [-0.2, 0) is 4.74 Å². The van der Waals surface area contributed by atoms with Crippen LogP contribution < -0.4 is 10.2 Å². The molecule has 1 rings (SSSR count). The summed E-state index contributed by atoms with van der Waals surface area (Å²) in [6.07, 6.45) is 0.960. The van der Waals surface area contributed by atoms with E-state index in [1.54, 1.807) is 0 Å². The van der Waals surface area contributed by atoms with Crippen molar-refractivity contribution < 1.29 is 4.74 Å². The summed E-state index contributed by atoms with van der Waals surface area (Å²) in [7, 11) is 4.02. The zero-order valence-electron chi connectivity index (χ0n) is 9.99. The molecule has 0 saturated heterocycles. The van der Waals surface area contributed by atoms with Crippen molar-refractivity contribution in [1.29, 1.82) is 0 Å². The minimum absolute atomic E-state index is 0.430. The van der Waals surface area contributed by atoms with Crippen molar-refractivity contribution in [3.8, 4) is 0 Å². The van der Waals surface area contributed by atoms with Crippen molar-refractivity contribution in [1.82, 2.24) is 0 Å². The van der Waals surface area contributed by atoms with Gasteiger partial charge in [0, 0.05) is 25.5 Å². The molecule has 0 saturated carbocycles. The summed E-state index contributed by atoms with van der Waals surface area (Å²) in [5.41, 5.74) is 2.11. The van der Waals surface area contributed by atoms with Gasteiger partial charge in [-0.25, -0.2) is 0 Å². The van der Waals surface area contributed by atoms with E-state index in [1.165, 1.54) is 0 Å². The standard InChI is InChI=1S/C12H18N2OS/c1-4-9-15-12(16)13-10-5-7-11(8-6-10)14(2)3/h5-8H,4,9H2,1-3H3,(H,13,16). The van der Waals surface area contributed by atoms with E-state index in [0.29, 0.717) is 11.8 Å². The van der Waals surface area contributed by atoms with Crippen LogP contribution in [0.2, 0.25) is 0 Å². The van der Waals surface area contributed by atoms with E-state index in [4.69, 9.17) is 17.0 Å². The summed E-state index contributed by atoms with van der Waals surface area (Å²) in [4.78, 5) is 2.05. The van der Waals surface area contributed by atoms with E-state index in [-0.39, 0.29) is 0 Å². The number of nitrogens with zero attached hydrogens (tertiary/aromatic N) is 1. The Bertz CT molecular complexity index is 335. The van der Waals surface area contributed by atoms with Crippen molar-refractivity contribution >= 4 is 28.8 Å². The van der Waals surface area contributed by atoms with Gasteiger partial charge in [0.25, 0.3) is 5.17 Å². The third-order valence-corrected chi connectivity index (χ3v) is 2.29. The predicted octanol–water partition coefficient (Wildman–Crippen LogP) is 2.88. The van der Waals surface area contributed by atoms with E-state index in [2.05, 4.69) is 17.1 Å². The lowest BCUT2D eigenvalue weighted by Gasteiger charge is -2.13. The van der Waals surface area contributed by atoms with E-state index < -0.39 is 0 Å². The fourth-order valence-electron chi connectivity index (χ4n) is 1.19. The monoisotopic (exact) mass is 238 g/mol. The average Bonchev–Trinajstić information content (AvgIpc) is 2.27. The van der Waals surface area contributed by atoms with Gasteiger partial charge < -0.3 is 15.0 Å². The molecular weight excluding hydrogens is 220 g/mol. The predicted molar refractivity (Wildman–Crippen MR) is 73.2 cm³/mol. The van der Waals surface area contributed by atoms with Gasteiger partial charge in [-0.15, -0.1) is 0 Å². The topological polar surface area (TPSA) is 24.5 Å². The van der Waals surface area contributed by atoms with Gasteiger partial charge in [0.15, 0.2) is 0 Å². The van der Waals surface area contributed by atoms with E-state index in [9.17, 15) is 0 Å². The highest BCUT2D eigenvalue weighted by molar-refractivity contribution is 7.80. The van der Waals surface area contributed by atoms with Crippen LogP contribution in [0, 0.1) is 0 Å². The smallest absolute Gasteiger partial charge is 0.261 e. The summed E-state index contributed by atoms with van der Waals surface area (Å²) >= 11 is 5.04. The molecular formula is C12H18N2OS. The molecule has 4 heteroatoms. The summed E-state index contributed by atoms with van der Waals surface area (Å²) in [6.45, 7) is 2.70. The fraction of sp³-hybridized carbons (Fsp3) is 0.417. The lowest BCUT2D eigenvalue weighted by atomic mass is 10.2. The van der Waals surface area contributed by atoms with Crippen LogP contribution in [0.4, 0.5) is 11.4 Å². The summed E-state index contributed by atoms with van der Waals surface area (Å²) < 4.78 is 5.28. The Kier molecular flexibility index (Phi) is 5.05. The molecule has 0 aliphatic carbocycles. The Morgan fingerprint density at radius 3 is 2.44 bits per heavy atom. The molecule has 0 bridgehead atoms. The highest BCUT2D eigenvalue weighted by Gasteiger charge is 1.99. The van der Waals surface area contributed by atoms with Gasteiger partial charge in [-0.1, -0.05) is 6.92 Å². The molecule has 0 aliphatic rings. The highest BCUT2D eigenvalue weighted by atomic mass is 32.1. The average molecular weight is 238 g/mol. The second-order valence-electron chi connectivity index (χ2n) is 3.70. The Morgan fingerprint density at radius 2 is 1.94 bits per heavy atom. The second-order valence-corrected chi connectivity index (χ2v) is 4.07. The number of nitrogens with one attached hydrogen (secondary N) is 1. The van der Waals surface area contributed by atoms with Crippen molar-refractivity contribution in [2.75, 3.05) is 30.9 Å². The third-order valence-electron chi connectivity index (χ3n) is 2.07. The molecule has 16 heavy (non-hydrogen) atoms. The highest BCUT2D eigenvalue weighted by Crippen LogP contribution is 2.15. The first-order valence-corrected chi connectivity index (χ1v) is 5.75. The normalized spacial score (nSPS) is 9.69. The van der Waals surface area contributed by atoms with Crippen LogP contribution in [0.1, 0.15) is 13.3 Å². The van der Waals surface area contributed by atoms with Crippen LogP contribution in [0.25, 0.3) is 0 Å². The number of anilines is 2. The first kappa shape index (κ1) is 12.8. The molecule has 0 unspecified atom stereocenters. The molecule has 0 fully saturated rings. The van der Waals surface area contributed by atoms with Gasteiger partial charge in [-0.3, -0.25) is 0 Å². The summed E-state index contributed by atoms with van der Waals surface area (Å²) in [5.74, 6) is 0. The molecule has 0 aromatic heterocycles. The molecule has 0 atom stereocenters. The van der Waals surface area contributed by atoms with Gasteiger partial charge in [-0.05, 0) is 42.9 Å². The Hall–Kier alpha value is -1.29. The number of thiocarbonyl (C=S) groups is 1. The zero-order chi connectivity index (χ0) is 12.0. The van der Waals surface area contributed by atoms with Crippen LogP contribution >= 0.6 is 12.2 Å². The van der Waals surface area contributed by atoms with E-state index in [0.717, 1.165) is 17.8 Å². The van der Waals surface area contributed by atoms with Crippen LogP contribution in [0.15, 0.2) is 24.3 Å². The SMILES string of the molecule is CCCOC(=S)Nc1ccc(N(C)C)cc1. The van der Waals surface area contributed by atoms with Gasteiger partial charge in [0.2, 0.25) is 0 Å². The molecule has 0 radical (unpaired) electrons. The molecule has 0 spiro atoms.